The fourth-order valence-electron chi connectivity index (χ4n) is 2.19. The molecule has 1 aliphatic carbocycles. The molecular formula is C10H21NO2S. The summed E-state index contributed by atoms with van der Waals surface area (Å²) in [5.41, 5.74) is 0. The van der Waals surface area contributed by atoms with Crippen LogP contribution < -0.4 is 5.32 Å². The van der Waals surface area contributed by atoms with Crippen molar-refractivity contribution >= 4 is 9.84 Å². The van der Waals surface area contributed by atoms with Crippen LogP contribution in [0, 0.1) is 5.92 Å². The van der Waals surface area contributed by atoms with Gasteiger partial charge in [0.15, 0.2) is 0 Å². The average molecular weight is 219 g/mol. The van der Waals surface area contributed by atoms with E-state index in [9.17, 15) is 8.42 Å². The van der Waals surface area contributed by atoms with E-state index in [2.05, 4.69) is 12.2 Å². The Morgan fingerprint density at radius 1 is 1.36 bits per heavy atom. The molecule has 2 atom stereocenters. The number of hydrogen-bond acceptors (Lipinski definition) is 3. The van der Waals surface area contributed by atoms with Crippen molar-refractivity contribution in [1.82, 2.24) is 5.32 Å². The first kappa shape index (κ1) is 12.0. The second-order valence-corrected chi connectivity index (χ2v) is 6.61. The Labute approximate surface area is 87.2 Å². The van der Waals surface area contributed by atoms with E-state index in [4.69, 9.17) is 0 Å². The maximum absolute atomic E-state index is 11.0. The maximum Gasteiger partial charge on any atom is 0.147 e. The number of hydrogen-bond donors (Lipinski definition) is 1. The van der Waals surface area contributed by atoms with Crippen LogP contribution in [0.4, 0.5) is 0 Å². The van der Waals surface area contributed by atoms with Gasteiger partial charge in [0.25, 0.3) is 0 Å². The van der Waals surface area contributed by atoms with Crippen molar-refractivity contribution in [2.45, 2.75) is 38.6 Å². The molecule has 1 rings (SSSR count). The Morgan fingerprint density at radius 2 is 2.07 bits per heavy atom. The molecule has 0 saturated heterocycles. The van der Waals surface area contributed by atoms with Gasteiger partial charge in [0.05, 0.1) is 5.75 Å². The van der Waals surface area contributed by atoms with Gasteiger partial charge in [-0.3, -0.25) is 0 Å². The Kier molecular flexibility index (Phi) is 4.38. The quantitative estimate of drug-likeness (QED) is 0.756. The van der Waals surface area contributed by atoms with Gasteiger partial charge in [0.1, 0.15) is 9.84 Å². The predicted octanol–water partition coefficient (Wildman–Crippen LogP) is 1.20. The van der Waals surface area contributed by atoms with E-state index in [1.165, 1.54) is 19.1 Å². The molecule has 0 aromatic rings. The molecule has 0 bridgehead atoms. The van der Waals surface area contributed by atoms with Crippen molar-refractivity contribution in [3.8, 4) is 0 Å². The lowest BCUT2D eigenvalue weighted by atomic mass is 10.1. The first-order valence-corrected chi connectivity index (χ1v) is 7.48. The highest BCUT2D eigenvalue weighted by Crippen LogP contribution is 2.28. The van der Waals surface area contributed by atoms with Crippen LogP contribution in [0.5, 0.6) is 0 Å². The van der Waals surface area contributed by atoms with Crippen LogP contribution in [0.1, 0.15) is 32.6 Å². The molecule has 0 aliphatic heterocycles. The summed E-state index contributed by atoms with van der Waals surface area (Å²) in [6.07, 6.45) is 5.73. The topological polar surface area (TPSA) is 46.2 Å². The minimum Gasteiger partial charge on any atom is -0.314 e. The molecule has 84 valence electrons. The molecule has 1 aliphatic rings. The lowest BCUT2D eigenvalue weighted by Gasteiger charge is -2.11. The van der Waals surface area contributed by atoms with Crippen molar-refractivity contribution in [2.24, 2.45) is 5.92 Å². The molecule has 1 N–H and O–H groups in total. The molecule has 1 fully saturated rings. The molecule has 0 amide bonds. The third kappa shape index (κ3) is 4.42. The van der Waals surface area contributed by atoms with E-state index in [1.807, 2.05) is 0 Å². The molecule has 0 radical (unpaired) electrons. The molecule has 14 heavy (non-hydrogen) atoms. The van der Waals surface area contributed by atoms with E-state index < -0.39 is 9.84 Å². The zero-order chi connectivity index (χ0) is 10.6. The summed E-state index contributed by atoms with van der Waals surface area (Å²) in [4.78, 5) is 0. The maximum atomic E-state index is 11.0. The van der Waals surface area contributed by atoms with Gasteiger partial charge in [-0.15, -0.1) is 0 Å². The summed E-state index contributed by atoms with van der Waals surface area (Å²) < 4.78 is 22.0. The summed E-state index contributed by atoms with van der Waals surface area (Å²) in [6.45, 7) is 3.13. The smallest absolute Gasteiger partial charge is 0.147 e. The van der Waals surface area contributed by atoms with Gasteiger partial charge in [-0.25, -0.2) is 8.42 Å². The Balaban J connectivity index is 2.23. The van der Waals surface area contributed by atoms with E-state index >= 15 is 0 Å². The van der Waals surface area contributed by atoms with Gasteiger partial charge in [-0.2, -0.15) is 0 Å². The number of nitrogens with one attached hydrogen (secondary N) is 1. The van der Waals surface area contributed by atoms with Gasteiger partial charge in [-0.05, 0) is 38.1 Å². The van der Waals surface area contributed by atoms with Crippen LogP contribution in [0.2, 0.25) is 0 Å². The molecule has 0 aromatic carbocycles. The van der Waals surface area contributed by atoms with Gasteiger partial charge in [0, 0.05) is 12.3 Å². The fourth-order valence-corrected chi connectivity index (χ4v) is 2.95. The number of rotatable bonds is 5. The van der Waals surface area contributed by atoms with Crippen molar-refractivity contribution in [3.05, 3.63) is 0 Å². The highest BCUT2D eigenvalue weighted by molar-refractivity contribution is 7.90. The second kappa shape index (κ2) is 5.12. The molecule has 0 heterocycles. The monoisotopic (exact) mass is 219 g/mol. The zero-order valence-corrected chi connectivity index (χ0v) is 9.94. The van der Waals surface area contributed by atoms with Crippen LogP contribution in [-0.4, -0.2) is 33.0 Å². The normalized spacial score (nSPS) is 28.1. The van der Waals surface area contributed by atoms with Gasteiger partial charge in [-0.1, -0.05) is 6.92 Å². The summed E-state index contributed by atoms with van der Waals surface area (Å²) in [7, 11) is -2.76. The molecule has 0 aromatic heterocycles. The van der Waals surface area contributed by atoms with Crippen LogP contribution >= 0.6 is 0 Å². The first-order valence-electron chi connectivity index (χ1n) is 5.42. The summed E-state index contributed by atoms with van der Waals surface area (Å²) in [5, 5.41) is 3.42. The Morgan fingerprint density at radius 3 is 2.64 bits per heavy atom. The summed E-state index contributed by atoms with van der Waals surface area (Å²) in [5.74, 6) is 0.977. The van der Waals surface area contributed by atoms with Crippen LogP contribution in [0.25, 0.3) is 0 Å². The standard InChI is InChI=1S/C10H21NO2S/c1-3-11-10-5-4-9(8-10)6-7-14(2,12)13/h9-11H,3-8H2,1-2H3. The Bertz CT molecular complexity index is 261. The van der Waals surface area contributed by atoms with Crippen molar-refractivity contribution in [1.29, 1.82) is 0 Å². The molecular weight excluding hydrogens is 198 g/mol. The van der Waals surface area contributed by atoms with Crippen molar-refractivity contribution < 1.29 is 8.42 Å². The number of sulfone groups is 1. The molecule has 3 nitrogen and oxygen atoms in total. The van der Waals surface area contributed by atoms with Crippen molar-refractivity contribution in [3.63, 3.8) is 0 Å². The molecule has 2 unspecified atom stereocenters. The summed E-state index contributed by atoms with van der Waals surface area (Å²) >= 11 is 0. The minimum atomic E-state index is -2.76. The van der Waals surface area contributed by atoms with Crippen molar-refractivity contribution in [2.75, 3.05) is 18.6 Å². The minimum absolute atomic E-state index is 0.358. The lowest BCUT2D eigenvalue weighted by Crippen LogP contribution is -2.25. The largest absolute Gasteiger partial charge is 0.314 e. The van der Waals surface area contributed by atoms with Gasteiger partial charge >= 0.3 is 0 Å². The molecule has 4 heteroatoms. The third-order valence-corrected chi connectivity index (χ3v) is 3.91. The van der Waals surface area contributed by atoms with Crippen LogP contribution in [-0.2, 0) is 9.84 Å². The first-order chi connectivity index (χ1) is 6.51. The predicted molar refractivity (Wildman–Crippen MR) is 59.1 cm³/mol. The zero-order valence-electron chi connectivity index (χ0n) is 9.12. The second-order valence-electron chi connectivity index (χ2n) is 4.35. The van der Waals surface area contributed by atoms with E-state index in [1.54, 1.807) is 0 Å². The van der Waals surface area contributed by atoms with Gasteiger partial charge < -0.3 is 5.32 Å². The SMILES string of the molecule is CCNC1CCC(CCS(C)(=O)=O)C1. The third-order valence-electron chi connectivity index (χ3n) is 2.93. The summed E-state index contributed by atoms with van der Waals surface area (Å²) in [6, 6.07) is 0.629. The van der Waals surface area contributed by atoms with E-state index in [0.717, 1.165) is 19.4 Å². The highest BCUT2D eigenvalue weighted by Gasteiger charge is 2.24. The van der Waals surface area contributed by atoms with E-state index in [0.29, 0.717) is 17.7 Å². The van der Waals surface area contributed by atoms with Crippen LogP contribution in [0.15, 0.2) is 0 Å². The molecule has 1 saturated carbocycles. The average Bonchev–Trinajstić information content (AvgIpc) is 2.49. The Hall–Kier alpha value is -0.0900. The fraction of sp³-hybridized carbons (Fsp3) is 1.00. The lowest BCUT2D eigenvalue weighted by molar-refractivity contribution is 0.483. The van der Waals surface area contributed by atoms with E-state index in [-0.39, 0.29) is 0 Å². The highest BCUT2D eigenvalue weighted by atomic mass is 32.2. The van der Waals surface area contributed by atoms with Gasteiger partial charge in [0.2, 0.25) is 0 Å². The molecule has 0 spiro atoms. The van der Waals surface area contributed by atoms with Crippen LogP contribution in [0.3, 0.4) is 0 Å².